The lowest BCUT2D eigenvalue weighted by Gasteiger charge is -2.20. The second-order valence-electron chi connectivity index (χ2n) is 6.14. The van der Waals surface area contributed by atoms with Gasteiger partial charge in [-0.05, 0) is 43.7 Å². The van der Waals surface area contributed by atoms with E-state index >= 15 is 0 Å². The number of amides is 1. The van der Waals surface area contributed by atoms with Crippen LogP contribution in [0, 0.1) is 17.0 Å². The lowest BCUT2D eigenvalue weighted by atomic mass is 10.2. The number of nitrogens with zero attached hydrogens (tertiary/aromatic N) is 2. The van der Waals surface area contributed by atoms with Crippen molar-refractivity contribution in [2.24, 2.45) is 0 Å². The van der Waals surface area contributed by atoms with Gasteiger partial charge in [0.25, 0.3) is 5.69 Å². The van der Waals surface area contributed by atoms with Crippen LogP contribution in [0.3, 0.4) is 0 Å². The number of carbonyl (C=O) groups excluding carboxylic acids is 1. The molecule has 9 nitrogen and oxygen atoms in total. The van der Waals surface area contributed by atoms with Gasteiger partial charge in [0.2, 0.25) is 15.9 Å². The van der Waals surface area contributed by atoms with Gasteiger partial charge in [-0.3, -0.25) is 14.9 Å². The van der Waals surface area contributed by atoms with Crippen molar-refractivity contribution in [2.75, 3.05) is 25.0 Å². The number of non-ortho nitro benzene ring substituents is 1. The predicted molar refractivity (Wildman–Crippen MR) is 109 cm³/mol. The number of benzene rings is 2. The lowest BCUT2D eigenvalue weighted by Crippen LogP contribution is -2.37. The number of aryl methyl sites for hydroxylation is 1. The maximum atomic E-state index is 12.8. The van der Waals surface area contributed by atoms with E-state index < -0.39 is 27.4 Å². The fourth-order valence-electron chi connectivity index (χ4n) is 2.60. The van der Waals surface area contributed by atoms with Crippen molar-refractivity contribution in [1.29, 1.82) is 0 Å². The summed E-state index contributed by atoms with van der Waals surface area (Å²) in [5.74, 6) is -0.0432. The van der Waals surface area contributed by atoms with Crippen LogP contribution in [-0.2, 0) is 14.8 Å². The number of carbonyl (C=O) groups is 1. The number of hydrogen-bond donors (Lipinski definition) is 1. The number of anilines is 1. The Balaban J connectivity index is 2.17. The molecular formula is C19H23N3O6S. The van der Waals surface area contributed by atoms with Gasteiger partial charge < -0.3 is 10.1 Å². The van der Waals surface area contributed by atoms with E-state index in [9.17, 15) is 23.3 Å². The minimum atomic E-state index is -3.89. The Morgan fingerprint density at radius 2 is 1.83 bits per heavy atom. The number of rotatable bonds is 9. The normalized spacial score (nSPS) is 11.3. The second kappa shape index (κ2) is 9.48. The summed E-state index contributed by atoms with van der Waals surface area (Å²) in [5, 5.41) is 13.5. The van der Waals surface area contributed by atoms with Crippen molar-refractivity contribution < 1.29 is 22.9 Å². The van der Waals surface area contributed by atoms with Crippen LogP contribution < -0.4 is 10.1 Å². The van der Waals surface area contributed by atoms with Crippen LogP contribution in [0.2, 0.25) is 0 Å². The fraction of sp³-hybridized carbons (Fsp3) is 0.316. The molecule has 0 saturated heterocycles. The van der Waals surface area contributed by atoms with Gasteiger partial charge in [-0.1, -0.05) is 13.0 Å². The maximum absolute atomic E-state index is 12.8. The van der Waals surface area contributed by atoms with Crippen molar-refractivity contribution >= 4 is 27.3 Å². The molecular weight excluding hydrogens is 398 g/mol. The van der Waals surface area contributed by atoms with E-state index in [1.54, 1.807) is 26.0 Å². The maximum Gasteiger partial charge on any atom is 0.271 e. The molecule has 1 amide bonds. The number of likely N-dealkylation sites (N-methyl/N-ethyl adjacent to an activating group) is 1. The Bertz CT molecular complexity index is 990. The summed E-state index contributed by atoms with van der Waals surface area (Å²) in [6, 6.07) is 10.0. The predicted octanol–water partition coefficient (Wildman–Crippen LogP) is 2.95. The quantitative estimate of drug-likeness (QED) is 0.491. The van der Waals surface area contributed by atoms with E-state index in [1.165, 1.54) is 30.3 Å². The monoisotopic (exact) mass is 421 g/mol. The lowest BCUT2D eigenvalue weighted by molar-refractivity contribution is -0.384. The molecule has 0 spiro atoms. The third kappa shape index (κ3) is 5.52. The molecule has 0 saturated carbocycles. The van der Waals surface area contributed by atoms with Crippen molar-refractivity contribution in [3.63, 3.8) is 0 Å². The molecule has 10 heteroatoms. The molecule has 0 aliphatic carbocycles. The number of hydrogen-bond acceptors (Lipinski definition) is 6. The van der Waals surface area contributed by atoms with E-state index in [0.717, 1.165) is 4.31 Å². The van der Waals surface area contributed by atoms with Gasteiger partial charge >= 0.3 is 0 Å². The molecule has 0 aliphatic rings. The van der Waals surface area contributed by atoms with Gasteiger partial charge in [-0.2, -0.15) is 4.31 Å². The molecule has 0 fully saturated rings. The third-order valence-corrected chi connectivity index (χ3v) is 6.09. The zero-order chi connectivity index (χ0) is 21.6. The largest absolute Gasteiger partial charge is 0.494 e. The highest BCUT2D eigenvalue weighted by Crippen LogP contribution is 2.23. The summed E-state index contributed by atoms with van der Waals surface area (Å²) >= 11 is 0. The molecule has 2 aromatic rings. The minimum absolute atomic E-state index is 0.0436. The first-order valence-corrected chi connectivity index (χ1v) is 10.4. The number of ether oxygens (including phenoxy) is 1. The number of nitrogens with one attached hydrogen (secondary N) is 1. The van der Waals surface area contributed by atoms with Gasteiger partial charge in [-0.25, -0.2) is 8.42 Å². The molecule has 0 aliphatic heterocycles. The zero-order valence-corrected chi connectivity index (χ0v) is 17.2. The van der Waals surface area contributed by atoms with Gasteiger partial charge in [0.1, 0.15) is 5.75 Å². The Labute approximate surface area is 169 Å². The molecule has 156 valence electrons. The molecule has 29 heavy (non-hydrogen) atoms. The highest BCUT2D eigenvalue weighted by atomic mass is 32.2. The van der Waals surface area contributed by atoms with Crippen LogP contribution in [0.25, 0.3) is 0 Å². The SMILES string of the molecule is CCOc1ccc(S(=O)(=O)N(CC)CC(=O)Nc2cc([N+](=O)[O-])ccc2C)cc1. The molecule has 0 unspecified atom stereocenters. The zero-order valence-electron chi connectivity index (χ0n) is 16.4. The first-order chi connectivity index (χ1) is 13.7. The van der Waals surface area contributed by atoms with Crippen LogP contribution in [0.5, 0.6) is 5.75 Å². The summed E-state index contributed by atoms with van der Waals surface area (Å²) in [4.78, 5) is 22.8. The van der Waals surface area contributed by atoms with Crippen LogP contribution in [0.15, 0.2) is 47.4 Å². The smallest absolute Gasteiger partial charge is 0.271 e. The molecule has 0 bridgehead atoms. The van der Waals surface area contributed by atoms with Crippen molar-refractivity contribution in [3.8, 4) is 5.75 Å². The standard InChI is InChI=1S/C19H23N3O6S/c1-4-21(29(26,27)17-10-8-16(9-11-17)28-5-2)13-19(23)20-18-12-15(22(24)25)7-6-14(18)3/h6-12H,4-5,13H2,1-3H3,(H,20,23). The van der Waals surface area contributed by atoms with E-state index in [-0.39, 0.29) is 22.8 Å². The van der Waals surface area contributed by atoms with E-state index in [2.05, 4.69) is 5.32 Å². The molecule has 2 rings (SSSR count). The summed E-state index contributed by atoms with van der Waals surface area (Å²) in [5.41, 5.74) is 0.723. The first-order valence-electron chi connectivity index (χ1n) is 8.97. The van der Waals surface area contributed by atoms with Crippen molar-refractivity contribution in [1.82, 2.24) is 4.31 Å². The number of sulfonamides is 1. The summed E-state index contributed by atoms with van der Waals surface area (Å²) in [6.07, 6.45) is 0. The van der Waals surface area contributed by atoms with E-state index in [1.807, 2.05) is 6.92 Å². The number of nitro benzene ring substituents is 1. The highest BCUT2D eigenvalue weighted by molar-refractivity contribution is 7.89. The Morgan fingerprint density at radius 3 is 2.38 bits per heavy atom. The molecule has 2 aromatic carbocycles. The van der Waals surface area contributed by atoms with Crippen LogP contribution in [0.1, 0.15) is 19.4 Å². The summed E-state index contributed by atoms with van der Waals surface area (Å²) in [7, 11) is -3.89. The van der Waals surface area contributed by atoms with Gasteiger partial charge in [0, 0.05) is 18.7 Å². The Hall–Kier alpha value is -2.98. The Kier molecular flexibility index (Phi) is 7.29. The van der Waals surface area contributed by atoms with Gasteiger partial charge in [0.05, 0.1) is 28.7 Å². The average molecular weight is 421 g/mol. The fourth-order valence-corrected chi connectivity index (χ4v) is 4.00. The molecule has 0 aromatic heterocycles. The third-order valence-electron chi connectivity index (χ3n) is 4.15. The van der Waals surface area contributed by atoms with Crippen LogP contribution >= 0.6 is 0 Å². The number of nitro groups is 1. The topological polar surface area (TPSA) is 119 Å². The molecule has 1 N–H and O–H groups in total. The van der Waals surface area contributed by atoms with E-state index in [0.29, 0.717) is 17.9 Å². The summed E-state index contributed by atoms with van der Waals surface area (Å²) < 4.78 is 32.0. The molecule has 0 radical (unpaired) electrons. The van der Waals surface area contributed by atoms with Crippen LogP contribution in [0.4, 0.5) is 11.4 Å². The van der Waals surface area contributed by atoms with Crippen molar-refractivity contribution in [2.45, 2.75) is 25.7 Å². The van der Waals surface area contributed by atoms with Gasteiger partial charge in [-0.15, -0.1) is 0 Å². The second-order valence-corrected chi connectivity index (χ2v) is 8.08. The van der Waals surface area contributed by atoms with Crippen LogP contribution in [-0.4, -0.2) is 43.2 Å². The first kappa shape index (κ1) is 22.3. The summed E-state index contributed by atoms with van der Waals surface area (Å²) in [6.45, 7) is 5.26. The Morgan fingerprint density at radius 1 is 1.17 bits per heavy atom. The van der Waals surface area contributed by atoms with Crippen molar-refractivity contribution in [3.05, 3.63) is 58.1 Å². The minimum Gasteiger partial charge on any atom is -0.494 e. The molecule has 0 heterocycles. The van der Waals surface area contributed by atoms with Gasteiger partial charge in [0.15, 0.2) is 0 Å². The molecule has 0 atom stereocenters. The van der Waals surface area contributed by atoms with E-state index in [4.69, 9.17) is 4.74 Å². The average Bonchev–Trinajstić information content (AvgIpc) is 2.68. The highest BCUT2D eigenvalue weighted by Gasteiger charge is 2.25.